The first-order valence-electron chi connectivity index (χ1n) is 7.39. The van der Waals surface area contributed by atoms with Crippen LogP contribution in [0.2, 0.25) is 0 Å². The molecule has 1 fully saturated rings. The van der Waals surface area contributed by atoms with Crippen LogP contribution in [0.1, 0.15) is 57.8 Å². The Hall–Kier alpha value is -0.350. The molecule has 108 valence electrons. The number of aryl methyl sites for hydroxylation is 2. The topological polar surface area (TPSA) is 29.9 Å². The van der Waals surface area contributed by atoms with E-state index >= 15 is 0 Å². The Morgan fingerprint density at radius 3 is 2.74 bits per heavy atom. The van der Waals surface area contributed by atoms with E-state index in [0.717, 1.165) is 18.7 Å². The van der Waals surface area contributed by atoms with Crippen LogP contribution < -0.4 is 5.32 Å². The van der Waals surface area contributed by atoms with E-state index in [1.165, 1.54) is 35.8 Å². The third kappa shape index (κ3) is 3.22. The standard InChI is InChI=1S/C15H26BrN3/c1-5-11-14(16)12(19(4)18-11)10-17-13-8-6-7-9-15(13,2)3/h13,17H,5-10H2,1-4H3. The fourth-order valence-corrected chi connectivity index (χ4v) is 3.86. The number of halogens is 1. The number of hydrogen-bond acceptors (Lipinski definition) is 2. The van der Waals surface area contributed by atoms with Crippen molar-refractivity contribution in [2.24, 2.45) is 12.5 Å². The number of nitrogens with zero attached hydrogens (tertiary/aromatic N) is 2. The molecule has 0 radical (unpaired) electrons. The van der Waals surface area contributed by atoms with E-state index < -0.39 is 0 Å². The molecule has 0 amide bonds. The van der Waals surface area contributed by atoms with Crippen molar-refractivity contribution < 1.29 is 0 Å². The van der Waals surface area contributed by atoms with Gasteiger partial charge in [0.15, 0.2) is 0 Å². The van der Waals surface area contributed by atoms with Gasteiger partial charge in [0, 0.05) is 19.6 Å². The normalized spacial score (nSPS) is 22.7. The van der Waals surface area contributed by atoms with Crippen LogP contribution in [0.15, 0.2) is 4.47 Å². The molecule has 0 aliphatic heterocycles. The lowest BCUT2D eigenvalue weighted by Gasteiger charge is -2.39. The van der Waals surface area contributed by atoms with Crippen LogP contribution in [0.3, 0.4) is 0 Å². The summed E-state index contributed by atoms with van der Waals surface area (Å²) in [5.41, 5.74) is 2.83. The smallest absolute Gasteiger partial charge is 0.0767 e. The number of hydrogen-bond donors (Lipinski definition) is 1. The highest BCUT2D eigenvalue weighted by Crippen LogP contribution is 2.35. The first kappa shape index (κ1) is 15.0. The van der Waals surface area contributed by atoms with Crippen LogP contribution in [-0.2, 0) is 20.0 Å². The quantitative estimate of drug-likeness (QED) is 0.911. The lowest BCUT2D eigenvalue weighted by molar-refractivity contribution is 0.166. The zero-order valence-electron chi connectivity index (χ0n) is 12.6. The fourth-order valence-electron chi connectivity index (χ4n) is 3.10. The van der Waals surface area contributed by atoms with Gasteiger partial charge in [-0.3, -0.25) is 4.68 Å². The molecule has 1 heterocycles. The second kappa shape index (κ2) is 5.96. The van der Waals surface area contributed by atoms with Crippen molar-refractivity contribution in [3.8, 4) is 0 Å². The van der Waals surface area contributed by atoms with Crippen molar-refractivity contribution >= 4 is 15.9 Å². The Kier molecular flexibility index (Phi) is 4.72. The van der Waals surface area contributed by atoms with Gasteiger partial charge in [-0.2, -0.15) is 5.10 Å². The summed E-state index contributed by atoms with van der Waals surface area (Å²) in [6, 6.07) is 0.619. The average molecular weight is 328 g/mol. The van der Waals surface area contributed by atoms with E-state index in [2.05, 4.69) is 47.1 Å². The van der Waals surface area contributed by atoms with Crippen LogP contribution in [0, 0.1) is 5.41 Å². The van der Waals surface area contributed by atoms with E-state index in [1.54, 1.807) is 0 Å². The predicted molar refractivity (Wildman–Crippen MR) is 83.2 cm³/mol. The molecular weight excluding hydrogens is 302 g/mol. The molecule has 2 rings (SSSR count). The van der Waals surface area contributed by atoms with Gasteiger partial charge in [0.25, 0.3) is 0 Å². The SMILES string of the molecule is CCc1nn(C)c(CNC2CCCCC2(C)C)c1Br. The third-order valence-corrected chi connectivity index (χ3v) is 5.44. The predicted octanol–water partition coefficient (Wildman–Crippen LogP) is 3.80. The minimum Gasteiger partial charge on any atom is -0.308 e. The summed E-state index contributed by atoms with van der Waals surface area (Å²) in [5, 5.41) is 8.31. The zero-order valence-corrected chi connectivity index (χ0v) is 14.2. The number of nitrogens with one attached hydrogen (secondary N) is 1. The molecule has 0 aromatic carbocycles. The van der Waals surface area contributed by atoms with E-state index in [0.29, 0.717) is 11.5 Å². The van der Waals surface area contributed by atoms with Crippen molar-refractivity contribution in [1.82, 2.24) is 15.1 Å². The van der Waals surface area contributed by atoms with Crippen LogP contribution in [0.5, 0.6) is 0 Å². The van der Waals surface area contributed by atoms with E-state index in [9.17, 15) is 0 Å². The lowest BCUT2D eigenvalue weighted by atomic mass is 9.73. The Morgan fingerprint density at radius 2 is 2.16 bits per heavy atom. The summed E-state index contributed by atoms with van der Waals surface area (Å²) in [5.74, 6) is 0. The average Bonchev–Trinajstić information content (AvgIpc) is 2.63. The molecule has 1 aromatic rings. The molecule has 1 saturated carbocycles. The van der Waals surface area contributed by atoms with Gasteiger partial charge in [-0.05, 0) is 40.6 Å². The minimum atomic E-state index is 0.414. The van der Waals surface area contributed by atoms with Gasteiger partial charge in [-0.15, -0.1) is 0 Å². The van der Waals surface area contributed by atoms with Crippen molar-refractivity contribution in [1.29, 1.82) is 0 Å². The molecule has 1 aliphatic rings. The molecule has 4 heteroatoms. The van der Waals surface area contributed by atoms with Gasteiger partial charge >= 0.3 is 0 Å². The maximum absolute atomic E-state index is 4.56. The van der Waals surface area contributed by atoms with Crippen molar-refractivity contribution in [3.05, 3.63) is 15.9 Å². The van der Waals surface area contributed by atoms with Crippen LogP contribution in [0.25, 0.3) is 0 Å². The van der Waals surface area contributed by atoms with Gasteiger partial charge < -0.3 is 5.32 Å². The zero-order chi connectivity index (χ0) is 14.0. The summed E-state index contributed by atoms with van der Waals surface area (Å²) in [6.07, 6.45) is 6.33. The highest BCUT2D eigenvalue weighted by molar-refractivity contribution is 9.10. The molecule has 0 spiro atoms. The van der Waals surface area contributed by atoms with Crippen LogP contribution >= 0.6 is 15.9 Å². The van der Waals surface area contributed by atoms with Gasteiger partial charge in [0.1, 0.15) is 0 Å². The second-order valence-corrected chi connectivity index (χ2v) is 7.15. The first-order chi connectivity index (χ1) is 8.95. The highest BCUT2D eigenvalue weighted by Gasteiger charge is 2.31. The van der Waals surface area contributed by atoms with Gasteiger partial charge in [-0.25, -0.2) is 0 Å². The van der Waals surface area contributed by atoms with Gasteiger partial charge in [0.2, 0.25) is 0 Å². The highest BCUT2D eigenvalue weighted by atomic mass is 79.9. The molecule has 0 bridgehead atoms. The van der Waals surface area contributed by atoms with Crippen molar-refractivity contribution in [2.45, 2.75) is 65.5 Å². The Morgan fingerprint density at radius 1 is 1.42 bits per heavy atom. The largest absolute Gasteiger partial charge is 0.308 e. The molecule has 3 nitrogen and oxygen atoms in total. The molecule has 1 aliphatic carbocycles. The fraction of sp³-hybridized carbons (Fsp3) is 0.800. The molecule has 1 aromatic heterocycles. The van der Waals surface area contributed by atoms with Crippen molar-refractivity contribution in [3.63, 3.8) is 0 Å². The minimum absolute atomic E-state index is 0.414. The monoisotopic (exact) mass is 327 g/mol. The maximum atomic E-state index is 4.56. The maximum Gasteiger partial charge on any atom is 0.0767 e. The second-order valence-electron chi connectivity index (χ2n) is 6.35. The molecule has 1 unspecified atom stereocenters. The molecule has 1 atom stereocenters. The summed E-state index contributed by atoms with van der Waals surface area (Å²) in [6.45, 7) is 7.83. The van der Waals surface area contributed by atoms with Gasteiger partial charge in [-0.1, -0.05) is 33.6 Å². The summed E-state index contributed by atoms with van der Waals surface area (Å²) in [7, 11) is 2.03. The third-order valence-electron chi connectivity index (χ3n) is 4.53. The van der Waals surface area contributed by atoms with Gasteiger partial charge in [0.05, 0.1) is 15.9 Å². The lowest BCUT2D eigenvalue weighted by Crippen LogP contribution is -2.44. The van der Waals surface area contributed by atoms with Crippen LogP contribution in [0.4, 0.5) is 0 Å². The Bertz CT molecular complexity index is 437. The van der Waals surface area contributed by atoms with E-state index in [-0.39, 0.29) is 0 Å². The van der Waals surface area contributed by atoms with E-state index in [4.69, 9.17) is 0 Å². The molecule has 0 saturated heterocycles. The van der Waals surface area contributed by atoms with Crippen LogP contribution in [-0.4, -0.2) is 15.8 Å². The number of rotatable bonds is 4. The summed E-state index contributed by atoms with van der Waals surface area (Å²) < 4.78 is 3.18. The Balaban J connectivity index is 2.04. The Labute approximate surface area is 125 Å². The summed E-state index contributed by atoms with van der Waals surface area (Å²) in [4.78, 5) is 0. The number of aromatic nitrogens is 2. The molecule has 19 heavy (non-hydrogen) atoms. The first-order valence-corrected chi connectivity index (χ1v) is 8.18. The molecule has 1 N–H and O–H groups in total. The summed E-state index contributed by atoms with van der Waals surface area (Å²) >= 11 is 3.69. The van der Waals surface area contributed by atoms with Crippen molar-refractivity contribution in [2.75, 3.05) is 0 Å². The van der Waals surface area contributed by atoms with E-state index in [1.807, 2.05) is 11.7 Å². The molecular formula is C15H26BrN3.